The number of para-hydroxylation sites is 1. The van der Waals surface area contributed by atoms with E-state index in [1.165, 1.54) is 23.1 Å². The molecule has 0 heterocycles. The maximum atomic E-state index is 12.7. The minimum Gasteiger partial charge on any atom is -0.308 e. The summed E-state index contributed by atoms with van der Waals surface area (Å²) >= 11 is 5.79. The molecule has 0 fully saturated rings. The predicted molar refractivity (Wildman–Crippen MR) is 86.6 cm³/mol. The van der Waals surface area contributed by atoms with E-state index in [1.807, 2.05) is 38.1 Å². The van der Waals surface area contributed by atoms with Crippen LogP contribution in [-0.2, 0) is 0 Å². The summed E-state index contributed by atoms with van der Waals surface area (Å²) < 4.78 is 0. The van der Waals surface area contributed by atoms with E-state index < -0.39 is 10.8 Å². The molecule has 2 rings (SSSR count). The van der Waals surface area contributed by atoms with E-state index in [1.54, 1.807) is 0 Å². The van der Waals surface area contributed by atoms with Gasteiger partial charge in [0.2, 0.25) is 0 Å². The van der Waals surface area contributed by atoms with Crippen LogP contribution in [0.3, 0.4) is 0 Å². The number of benzene rings is 2. The maximum absolute atomic E-state index is 12.7. The number of rotatable bonds is 4. The molecular weight excluding hydrogens is 304 g/mol. The Balaban J connectivity index is 2.50. The predicted octanol–water partition coefficient (Wildman–Crippen LogP) is 4.22. The molecule has 0 spiro atoms. The van der Waals surface area contributed by atoms with Gasteiger partial charge in [-0.15, -0.1) is 0 Å². The van der Waals surface area contributed by atoms with Crippen molar-refractivity contribution in [1.29, 1.82) is 0 Å². The van der Waals surface area contributed by atoms with E-state index in [9.17, 15) is 14.9 Å². The lowest BCUT2D eigenvalue weighted by Crippen LogP contribution is -2.31. The molecule has 0 saturated carbocycles. The Hall–Kier alpha value is -2.40. The summed E-state index contributed by atoms with van der Waals surface area (Å²) in [5.74, 6) is -0.417. The summed E-state index contributed by atoms with van der Waals surface area (Å²) in [5.41, 5.74) is 1.40. The van der Waals surface area contributed by atoms with Crippen LogP contribution in [0.15, 0.2) is 42.5 Å². The van der Waals surface area contributed by atoms with Crippen LogP contribution in [-0.4, -0.2) is 17.4 Å². The number of carbonyl (C=O) groups is 1. The molecule has 6 heteroatoms. The van der Waals surface area contributed by atoms with E-state index in [0.29, 0.717) is 6.54 Å². The second-order valence-electron chi connectivity index (χ2n) is 4.75. The lowest BCUT2D eigenvalue weighted by atomic mass is 10.1. The Bertz CT molecular complexity index is 731. The minimum atomic E-state index is -0.592. The van der Waals surface area contributed by atoms with Gasteiger partial charge in [-0.1, -0.05) is 29.8 Å². The highest BCUT2D eigenvalue weighted by Crippen LogP contribution is 2.27. The first-order valence-corrected chi connectivity index (χ1v) is 7.15. The first kappa shape index (κ1) is 16.0. The van der Waals surface area contributed by atoms with Crippen molar-refractivity contribution in [3.8, 4) is 0 Å². The summed E-state index contributed by atoms with van der Waals surface area (Å²) in [5, 5.41) is 11.4. The molecule has 2 aromatic carbocycles. The van der Waals surface area contributed by atoms with Crippen LogP contribution in [0.1, 0.15) is 22.8 Å². The third kappa shape index (κ3) is 3.09. The van der Waals surface area contributed by atoms with Gasteiger partial charge in [0, 0.05) is 23.3 Å². The molecule has 22 heavy (non-hydrogen) atoms. The van der Waals surface area contributed by atoms with Crippen molar-refractivity contribution in [2.45, 2.75) is 13.8 Å². The summed E-state index contributed by atoms with van der Waals surface area (Å²) in [6.07, 6.45) is 0. The Morgan fingerprint density at radius 2 is 1.95 bits per heavy atom. The van der Waals surface area contributed by atoms with Gasteiger partial charge in [0.1, 0.15) is 5.56 Å². The van der Waals surface area contributed by atoms with Crippen LogP contribution in [0.25, 0.3) is 0 Å². The van der Waals surface area contributed by atoms with Crippen molar-refractivity contribution >= 4 is 28.9 Å². The zero-order valence-electron chi connectivity index (χ0n) is 12.2. The van der Waals surface area contributed by atoms with E-state index in [0.717, 1.165) is 11.3 Å². The highest BCUT2D eigenvalue weighted by atomic mass is 35.5. The molecule has 1 amide bonds. The van der Waals surface area contributed by atoms with Gasteiger partial charge in [0.15, 0.2) is 0 Å². The molecule has 0 N–H and O–H groups in total. The molecule has 0 unspecified atom stereocenters. The zero-order valence-corrected chi connectivity index (χ0v) is 13.0. The van der Waals surface area contributed by atoms with Crippen molar-refractivity contribution < 1.29 is 9.72 Å². The van der Waals surface area contributed by atoms with Crippen LogP contribution in [0.2, 0.25) is 5.02 Å². The lowest BCUT2D eigenvalue weighted by Gasteiger charge is -2.23. The number of anilines is 1. The average molecular weight is 319 g/mol. The summed E-state index contributed by atoms with van der Waals surface area (Å²) in [6.45, 7) is 4.12. The fourth-order valence-corrected chi connectivity index (χ4v) is 2.44. The Kier molecular flexibility index (Phi) is 4.78. The van der Waals surface area contributed by atoms with Crippen molar-refractivity contribution in [3.05, 3.63) is 68.7 Å². The normalized spacial score (nSPS) is 10.3. The second-order valence-corrected chi connectivity index (χ2v) is 5.19. The molecule has 5 nitrogen and oxygen atoms in total. The van der Waals surface area contributed by atoms with Crippen LogP contribution in [0.4, 0.5) is 11.4 Å². The highest BCUT2D eigenvalue weighted by molar-refractivity contribution is 6.31. The minimum absolute atomic E-state index is 0.0273. The molecule has 0 aromatic heterocycles. The summed E-state index contributed by atoms with van der Waals surface area (Å²) in [6, 6.07) is 11.5. The summed E-state index contributed by atoms with van der Waals surface area (Å²) in [4.78, 5) is 24.8. The highest BCUT2D eigenvalue weighted by Gasteiger charge is 2.25. The molecule has 114 valence electrons. The van der Waals surface area contributed by atoms with E-state index >= 15 is 0 Å². The topological polar surface area (TPSA) is 63.5 Å². The molecular formula is C16H15ClN2O3. The van der Waals surface area contributed by atoms with Crippen molar-refractivity contribution in [3.63, 3.8) is 0 Å². The largest absolute Gasteiger partial charge is 0.308 e. The molecule has 0 atom stereocenters. The number of halogens is 1. The number of hydrogen-bond acceptors (Lipinski definition) is 3. The van der Waals surface area contributed by atoms with Gasteiger partial charge < -0.3 is 4.90 Å². The maximum Gasteiger partial charge on any atom is 0.283 e. The average Bonchev–Trinajstić information content (AvgIpc) is 2.49. The van der Waals surface area contributed by atoms with Crippen molar-refractivity contribution in [1.82, 2.24) is 0 Å². The Morgan fingerprint density at radius 1 is 1.27 bits per heavy atom. The van der Waals surface area contributed by atoms with Crippen LogP contribution in [0, 0.1) is 17.0 Å². The number of aryl methyl sites for hydroxylation is 1. The van der Waals surface area contributed by atoms with Gasteiger partial charge in [0.25, 0.3) is 11.6 Å². The van der Waals surface area contributed by atoms with Crippen LogP contribution >= 0.6 is 11.6 Å². The third-order valence-electron chi connectivity index (χ3n) is 3.35. The lowest BCUT2D eigenvalue weighted by molar-refractivity contribution is -0.385. The number of nitro benzene ring substituents is 1. The van der Waals surface area contributed by atoms with Gasteiger partial charge >= 0.3 is 0 Å². The van der Waals surface area contributed by atoms with Crippen molar-refractivity contribution in [2.75, 3.05) is 11.4 Å². The number of nitrogens with zero attached hydrogens (tertiary/aromatic N) is 2. The van der Waals surface area contributed by atoms with E-state index in [-0.39, 0.29) is 16.3 Å². The molecule has 0 aliphatic carbocycles. The molecule has 0 aliphatic heterocycles. The van der Waals surface area contributed by atoms with Gasteiger partial charge in [0.05, 0.1) is 4.92 Å². The number of amides is 1. The number of carbonyl (C=O) groups excluding carboxylic acids is 1. The Morgan fingerprint density at radius 3 is 2.55 bits per heavy atom. The van der Waals surface area contributed by atoms with Gasteiger partial charge in [-0.05, 0) is 37.6 Å². The first-order valence-electron chi connectivity index (χ1n) is 6.77. The van der Waals surface area contributed by atoms with Gasteiger partial charge in [-0.25, -0.2) is 0 Å². The van der Waals surface area contributed by atoms with Gasteiger partial charge in [-0.3, -0.25) is 14.9 Å². The Labute approximate surface area is 133 Å². The van der Waals surface area contributed by atoms with E-state index in [4.69, 9.17) is 11.6 Å². The number of nitro groups is 1. The smallest absolute Gasteiger partial charge is 0.283 e. The molecule has 0 bridgehead atoms. The molecule has 2 aromatic rings. The third-order valence-corrected chi connectivity index (χ3v) is 3.59. The zero-order chi connectivity index (χ0) is 16.3. The standard InChI is InChI=1S/C16H15ClN2O3/c1-3-18(14-7-5-4-6-11(14)2)16(20)13-9-8-12(17)10-15(13)19(21)22/h4-10H,3H2,1-2H3. The van der Waals surface area contributed by atoms with Crippen LogP contribution in [0.5, 0.6) is 0 Å². The van der Waals surface area contributed by atoms with Crippen LogP contribution < -0.4 is 4.90 Å². The molecule has 0 aliphatic rings. The molecule has 0 radical (unpaired) electrons. The quantitative estimate of drug-likeness (QED) is 0.626. The number of hydrogen-bond donors (Lipinski definition) is 0. The van der Waals surface area contributed by atoms with Gasteiger partial charge in [-0.2, -0.15) is 0 Å². The SMILES string of the molecule is CCN(C(=O)c1ccc(Cl)cc1[N+](=O)[O-])c1ccccc1C. The monoisotopic (exact) mass is 318 g/mol. The summed E-state index contributed by atoms with van der Waals surface area (Å²) in [7, 11) is 0. The first-order chi connectivity index (χ1) is 10.5. The fourth-order valence-electron chi connectivity index (χ4n) is 2.27. The molecule has 0 saturated heterocycles. The second kappa shape index (κ2) is 6.58. The van der Waals surface area contributed by atoms with Crippen molar-refractivity contribution in [2.24, 2.45) is 0 Å². The van der Waals surface area contributed by atoms with E-state index in [2.05, 4.69) is 0 Å². The fraction of sp³-hybridized carbons (Fsp3) is 0.188.